The molecule has 2 aromatic carbocycles. The van der Waals surface area contributed by atoms with Crippen LogP contribution in [0.15, 0.2) is 42.5 Å². The summed E-state index contributed by atoms with van der Waals surface area (Å²) in [7, 11) is 3.12. The van der Waals surface area contributed by atoms with Gasteiger partial charge >= 0.3 is 0 Å². The van der Waals surface area contributed by atoms with Crippen molar-refractivity contribution < 1.29 is 19.7 Å². The lowest BCUT2D eigenvalue weighted by atomic mass is 9.85. The van der Waals surface area contributed by atoms with Crippen molar-refractivity contribution in [2.24, 2.45) is 0 Å². The molecule has 2 aromatic rings. The van der Waals surface area contributed by atoms with Crippen LogP contribution in [0.3, 0.4) is 0 Å². The first-order valence-electron chi connectivity index (χ1n) is 6.68. The van der Waals surface area contributed by atoms with Crippen molar-refractivity contribution >= 4 is 0 Å². The van der Waals surface area contributed by atoms with Crippen LogP contribution in [0.2, 0.25) is 0 Å². The van der Waals surface area contributed by atoms with Crippen LogP contribution in [0.1, 0.15) is 23.6 Å². The number of methoxy groups -OCH3 is 2. The highest BCUT2D eigenvalue weighted by Gasteiger charge is 2.28. The van der Waals surface area contributed by atoms with E-state index in [1.807, 2.05) is 18.2 Å². The van der Waals surface area contributed by atoms with E-state index in [0.29, 0.717) is 28.2 Å². The van der Waals surface area contributed by atoms with E-state index in [2.05, 4.69) is 0 Å². The van der Waals surface area contributed by atoms with Gasteiger partial charge in [0.1, 0.15) is 5.60 Å². The number of aliphatic hydroxyl groups is 2. The Labute approximate surface area is 124 Å². The van der Waals surface area contributed by atoms with Gasteiger partial charge in [-0.1, -0.05) is 30.3 Å². The highest BCUT2D eigenvalue weighted by atomic mass is 16.5. The molecular weight excluding hydrogens is 268 g/mol. The molecule has 0 heterocycles. The Balaban J connectivity index is 2.53. The smallest absolute Gasteiger partial charge is 0.161 e. The Morgan fingerprint density at radius 3 is 2.29 bits per heavy atom. The van der Waals surface area contributed by atoms with Gasteiger partial charge in [-0.15, -0.1) is 0 Å². The molecule has 1 unspecified atom stereocenters. The summed E-state index contributed by atoms with van der Waals surface area (Å²) in [5.41, 5.74) is 0.789. The highest BCUT2D eigenvalue weighted by Crippen LogP contribution is 2.36. The fourth-order valence-corrected chi connectivity index (χ4v) is 2.43. The lowest BCUT2D eigenvalue weighted by Gasteiger charge is -2.27. The number of hydrogen-bond acceptors (Lipinski definition) is 4. The minimum absolute atomic E-state index is 0.125. The molecule has 0 bridgehead atoms. The minimum Gasteiger partial charge on any atom is -0.493 e. The maximum Gasteiger partial charge on any atom is 0.161 e. The summed E-state index contributed by atoms with van der Waals surface area (Å²) in [4.78, 5) is 0. The average molecular weight is 288 g/mol. The lowest BCUT2D eigenvalue weighted by Crippen LogP contribution is -2.24. The molecule has 112 valence electrons. The Morgan fingerprint density at radius 2 is 1.67 bits per heavy atom. The van der Waals surface area contributed by atoms with Crippen LogP contribution >= 0.6 is 0 Å². The highest BCUT2D eigenvalue weighted by molar-refractivity contribution is 5.48. The van der Waals surface area contributed by atoms with Crippen LogP contribution in [-0.4, -0.2) is 24.4 Å². The zero-order chi connectivity index (χ0) is 15.5. The molecule has 0 aliphatic heterocycles. The average Bonchev–Trinajstić information content (AvgIpc) is 2.53. The van der Waals surface area contributed by atoms with Crippen LogP contribution in [0, 0.1) is 0 Å². The normalized spacial score (nSPS) is 13.6. The second-order valence-electron chi connectivity index (χ2n) is 4.96. The molecule has 0 aliphatic rings. The Bertz CT molecular complexity index is 620. The SMILES string of the molecule is COc1ccc(C(C)(O)c2ccccc2CO)cc1OC. The Morgan fingerprint density at radius 1 is 1.00 bits per heavy atom. The van der Waals surface area contributed by atoms with Gasteiger partial charge in [0.15, 0.2) is 11.5 Å². The van der Waals surface area contributed by atoms with Gasteiger partial charge in [-0.2, -0.15) is 0 Å². The monoisotopic (exact) mass is 288 g/mol. The van der Waals surface area contributed by atoms with Crippen LogP contribution < -0.4 is 9.47 Å². The van der Waals surface area contributed by atoms with E-state index in [9.17, 15) is 10.2 Å². The third-order valence-corrected chi connectivity index (χ3v) is 3.66. The standard InChI is InChI=1S/C17H20O4/c1-17(19,14-7-5-4-6-12(14)11-18)13-8-9-15(20-2)16(10-13)21-3/h4-10,18-19H,11H2,1-3H3. The number of benzene rings is 2. The van der Waals surface area contributed by atoms with Crippen molar-refractivity contribution in [1.29, 1.82) is 0 Å². The Hall–Kier alpha value is -2.04. The summed E-state index contributed by atoms with van der Waals surface area (Å²) in [6, 6.07) is 12.6. The molecule has 0 fully saturated rings. The van der Waals surface area contributed by atoms with Crippen molar-refractivity contribution in [3.8, 4) is 11.5 Å². The van der Waals surface area contributed by atoms with E-state index in [4.69, 9.17) is 9.47 Å². The summed E-state index contributed by atoms with van der Waals surface area (Å²) < 4.78 is 10.5. The predicted molar refractivity (Wildman–Crippen MR) is 80.6 cm³/mol. The molecule has 21 heavy (non-hydrogen) atoms. The van der Waals surface area contributed by atoms with Gasteiger partial charge < -0.3 is 19.7 Å². The molecule has 0 aromatic heterocycles. The first-order valence-corrected chi connectivity index (χ1v) is 6.68. The van der Waals surface area contributed by atoms with Crippen LogP contribution in [0.4, 0.5) is 0 Å². The molecule has 0 amide bonds. The second-order valence-corrected chi connectivity index (χ2v) is 4.96. The maximum absolute atomic E-state index is 10.9. The molecule has 2 N–H and O–H groups in total. The van der Waals surface area contributed by atoms with Gasteiger partial charge in [0.25, 0.3) is 0 Å². The third-order valence-electron chi connectivity index (χ3n) is 3.66. The zero-order valence-corrected chi connectivity index (χ0v) is 12.5. The molecule has 0 saturated carbocycles. The fraction of sp³-hybridized carbons (Fsp3) is 0.294. The quantitative estimate of drug-likeness (QED) is 0.887. The molecule has 0 radical (unpaired) electrons. The van der Waals surface area contributed by atoms with Gasteiger partial charge in [-0.3, -0.25) is 0 Å². The molecule has 4 heteroatoms. The third kappa shape index (κ3) is 2.86. The number of rotatable bonds is 5. The molecule has 2 rings (SSSR count). The zero-order valence-electron chi connectivity index (χ0n) is 12.5. The summed E-state index contributed by atoms with van der Waals surface area (Å²) in [6.07, 6.45) is 0. The van der Waals surface area contributed by atoms with Crippen molar-refractivity contribution in [1.82, 2.24) is 0 Å². The number of ether oxygens (including phenoxy) is 2. The van der Waals surface area contributed by atoms with Crippen molar-refractivity contribution in [2.75, 3.05) is 14.2 Å². The largest absolute Gasteiger partial charge is 0.493 e. The van der Waals surface area contributed by atoms with Crippen molar-refractivity contribution in [2.45, 2.75) is 19.1 Å². The Kier molecular flexibility index (Phi) is 4.50. The predicted octanol–water partition coefficient (Wildman–Crippen LogP) is 2.45. The topological polar surface area (TPSA) is 58.9 Å². The van der Waals surface area contributed by atoms with E-state index in [-0.39, 0.29) is 6.61 Å². The van der Waals surface area contributed by atoms with Crippen molar-refractivity contribution in [3.05, 3.63) is 59.2 Å². The van der Waals surface area contributed by atoms with Crippen LogP contribution in [0.5, 0.6) is 11.5 Å². The van der Waals surface area contributed by atoms with Gasteiger partial charge in [-0.05, 0) is 35.7 Å². The van der Waals surface area contributed by atoms with Gasteiger partial charge in [0, 0.05) is 0 Å². The van der Waals surface area contributed by atoms with Crippen molar-refractivity contribution in [3.63, 3.8) is 0 Å². The molecule has 0 saturated heterocycles. The second kappa shape index (κ2) is 6.16. The van der Waals surface area contributed by atoms with Crippen LogP contribution in [-0.2, 0) is 12.2 Å². The molecule has 1 atom stereocenters. The first-order chi connectivity index (χ1) is 10.0. The van der Waals surface area contributed by atoms with Gasteiger partial charge in [0.05, 0.1) is 20.8 Å². The number of hydrogen-bond donors (Lipinski definition) is 2. The fourth-order valence-electron chi connectivity index (χ4n) is 2.43. The van der Waals surface area contributed by atoms with Crippen LogP contribution in [0.25, 0.3) is 0 Å². The lowest BCUT2D eigenvalue weighted by molar-refractivity contribution is 0.0989. The molecule has 0 spiro atoms. The first kappa shape index (κ1) is 15.4. The van der Waals surface area contributed by atoms with E-state index >= 15 is 0 Å². The molecule has 4 nitrogen and oxygen atoms in total. The van der Waals surface area contributed by atoms with E-state index < -0.39 is 5.60 Å². The summed E-state index contributed by atoms with van der Waals surface area (Å²) >= 11 is 0. The maximum atomic E-state index is 10.9. The number of aliphatic hydroxyl groups excluding tert-OH is 1. The summed E-state index contributed by atoms with van der Waals surface area (Å²) in [6.45, 7) is 1.57. The van der Waals surface area contributed by atoms with E-state index in [1.54, 1.807) is 45.4 Å². The van der Waals surface area contributed by atoms with E-state index in [1.165, 1.54) is 0 Å². The van der Waals surface area contributed by atoms with Gasteiger partial charge in [-0.25, -0.2) is 0 Å². The summed E-state index contributed by atoms with van der Waals surface area (Å²) in [5.74, 6) is 1.16. The van der Waals surface area contributed by atoms with Gasteiger partial charge in [0.2, 0.25) is 0 Å². The molecular formula is C17H20O4. The van der Waals surface area contributed by atoms with E-state index in [0.717, 1.165) is 0 Å². The minimum atomic E-state index is -1.24. The summed E-state index contributed by atoms with van der Waals surface area (Å²) in [5, 5.41) is 20.4. The molecule has 0 aliphatic carbocycles.